The maximum atomic E-state index is 2.59. The SMILES string of the molecule is CC(C)(C)c1ccc2c(c1)C(c1ccc3c(c1)CC3)(c1ccc3c(c1)CC3)c1cc(C(C)(C)C)cc(N(c3ccccc3)c3ccccc3)c1-2. The highest BCUT2D eigenvalue weighted by molar-refractivity contribution is 5.98. The van der Waals surface area contributed by atoms with Crippen molar-refractivity contribution in [2.24, 2.45) is 0 Å². The number of rotatable bonds is 5. The van der Waals surface area contributed by atoms with Gasteiger partial charge in [-0.25, -0.2) is 0 Å². The van der Waals surface area contributed by atoms with Crippen LogP contribution in [0.15, 0.2) is 127 Å². The summed E-state index contributed by atoms with van der Waals surface area (Å²) in [6.07, 6.45) is 4.69. The summed E-state index contributed by atoms with van der Waals surface area (Å²) in [7, 11) is 0. The van der Waals surface area contributed by atoms with Gasteiger partial charge in [-0.2, -0.15) is 0 Å². The largest absolute Gasteiger partial charge is 0.310 e. The fourth-order valence-electron chi connectivity index (χ4n) is 8.73. The highest BCUT2D eigenvalue weighted by Crippen LogP contribution is 2.61. The number of hydrogen-bond acceptors (Lipinski definition) is 1. The van der Waals surface area contributed by atoms with E-state index in [2.05, 4.69) is 174 Å². The van der Waals surface area contributed by atoms with Crippen molar-refractivity contribution in [1.82, 2.24) is 0 Å². The van der Waals surface area contributed by atoms with Crippen LogP contribution >= 0.6 is 0 Å². The minimum Gasteiger partial charge on any atom is -0.310 e. The first-order valence-corrected chi connectivity index (χ1v) is 18.5. The molecule has 0 saturated carbocycles. The Hall–Kier alpha value is -4.88. The monoisotopic (exact) mass is 649 g/mol. The molecule has 0 aromatic heterocycles. The summed E-state index contributed by atoms with van der Waals surface area (Å²) in [6.45, 7) is 14.2. The Morgan fingerprint density at radius 1 is 0.460 bits per heavy atom. The summed E-state index contributed by atoms with van der Waals surface area (Å²) in [5.74, 6) is 0. The van der Waals surface area contributed by atoms with Gasteiger partial charge in [0.05, 0.1) is 11.1 Å². The van der Waals surface area contributed by atoms with Gasteiger partial charge in [0, 0.05) is 16.9 Å². The molecule has 0 saturated heterocycles. The molecule has 6 aromatic carbocycles. The molecule has 0 amide bonds. The quantitative estimate of drug-likeness (QED) is 0.179. The van der Waals surface area contributed by atoms with Crippen LogP contribution in [-0.4, -0.2) is 0 Å². The first-order chi connectivity index (χ1) is 24.0. The van der Waals surface area contributed by atoms with Crippen LogP contribution in [0.4, 0.5) is 17.1 Å². The number of aryl methyl sites for hydroxylation is 4. The molecule has 6 aromatic rings. The molecule has 1 nitrogen and oxygen atoms in total. The number of nitrogens with zero attached hydrogens (tertiary/aromatic N) is 1. The fourth-order valence-corrected chi connectivity index (χ4v) is 8.73. The van der Waals surface area contributed by atoms with Crippen LogP contribution in [0.1, 0.15) is 97.2 Å². The number of para-hydroxylation sites is 2. The van der Waals surface area contributed by atoms with Crippen molar-refractivity contribution in [1.29, 1.82) is 0 Å². The zero-order valence-electron chi connectivity index (χ0n) is 30.4. The third kappa shape index (κ3) is 4.66. The van der Waals surface area contributed by atoms with Crippen LogP contribution < -0.4 is 4.90 Å². The molecule has 3 aliphatic carbocycles. The third-order valence-corrected chi connectivity index (χ3v) is 11.8. The maximum Gasteiger partial charge on any atom is 0.0714 e. The van der Waals surface area contributed by atoms with E-state index in [1.807, 2.05) is 0 Å². The summed E-state index contributed by atoms with van der Waals surface area (Å²) >= 11 is 0. The predicted octanol–water partition coefficient (Wildman–Crippen LogP) is 12.3. The number of anilines is 3. The molecule has 0 fully saturated rings. The van der Waals surface area contributed by atoms with E-state index in [-0.39, 0.29) is 10.8 Å². The van der Waals surface area contributed by atoms with Crippen molar-refractivity contribution < 1.29 is 0 Å². The first kappa shape index (κ1) is 31.1. The van der Waals surface area contributed by atoms with Crippen LogP contribution in [0.3, 0.4) is 0 Å². The van der Waals surface area contributed by atoms with Crippen LogP contribution in [0, 0.1) is 0 Å². The Kier molecular flexibility index (Phi) is 6.89. The van der Waals surface area contributed by atoms with E-state index in [0.29, 0.717) is 0 Å². The third-order valence-electron chi connectivity index (χ3n) is 11.8. The lowest BCUT2D eigenvalue weighted by atomic mass is 9.64. The zero-order valence-corrected chi connectivity index (χ0v) is 30.4. The van der Waals surface area contributed by atoms with Crippen molar-refractivity contribution in [2.45, 2.75) is 83.5 Å². The zero-order chi connectivity index (χ0) is 34.4. The van der Waals surface area contributed by atoms with Gasteiger partial charge in [0.1, 0.15) is 0 Å². The molecular weight excluding hydrogens is 603 g/mol. The van der Waals surface area contributed by atoms with Crippen LogP contribution in [-0.2, 0) is 41.9 Å². The normalized spacial score (nSPS) is 15.2. The van der Waals surface area contributed by atoms with Gasteiger partial charge in [0.25, 0.3) is 0 Å². The smallest absolute Gasteiger partial charge is 0.0714 e. The summed E-state index contributed by atoms with van der Waals surface area (Å²) in [5, 5.41) is 0. The minimum atomic E-state index is -0.462. The van der Waals surface area contributed by atoms with Crippen LogP contribution in [0.25, 0.3) is 11.1 Å². The molecule has 50 heavy (non-hydrogen) atoms. The van der Waals surface area contributed by atoms with Gasteiger partial charge in [-0.05, 0) is 128 Å². The highest BCUT2D eigenvalue weighted by Gasteiger charge is 2.49. The van der Waals surface area contributed by atoms with Crippen LogP contribution in [0.2, 0.25) is 0 Å². The Balaban J connectivity index is 1.47. The van der Waals surface area contributed by atoms with Gasteiger partial charge in [-0.3, -0.25) is 0 Å². The van der Waals surface area contributed by atoms with E-state index in [4.69, 9.17) is 0 Å². The summed E-state index contributed by atoms with van der Waals surface area (Å²) in [5.41, 5.74) is 20.1. The van der Waals surface area contributed by atoms with E-state index < -0.39 is 5.41 Å². The van der Waals surface area contributed by atoms with Gasteiger partial charge >= 0.3 is 0 Å². The van der Waals surface area contributed by atoms with Crippen molar-refractivity contribution in [3.8, 4) is 11.1 Å². The van der Waals surface area contributed by atoms with Crippen LogP contribution in [0.5, 0.6) is 0 Å². The van der Waals surface area contributed by atoms with Gasteiger partial charge < -0.3 is 4.90 Å². The maximum absolute atomic E-state index is 2.59. The average molecular weight is 650 g/mol. The average Bonchev–Trinajstić information content (AvgIpc) is 3.37. The van der Waals surface area contributed by atoms with Gasteiger partial charge in [0.2, 0.25) is 0 Å². The Bertz CT molecular complexity index is 2180. The molecule has 0 heterocycles. The molecule has 3 aliphatic rings. The highest BCUT2D eigenvalue weighted by atomic mass is 15.1. The topological polar surface area (TPSA) is 3.24 Å². The lowest BCUT2D eigenvalue weighted by Gasteiger charge is -2.38. The Morgan fingerprint density at radius 2 is 0.960 bits per heavy atom. The van der Waals surface area contributed by atoms with Crippen molar-refractivity contribution in [3.05, 3.63) is 183 Å². The second kappa shape index (κ2) is 11.1. The Labute approximate surface area is 298 Å². The van der Waals surface area contributed by atoms with E-state index in [9.17, 15) is 0 Å². The van der Waals surface area contributed by atoms with E-state index in [1.165, 1.54) is 96.7 Å². The van der Waals surface area contributed by atoms with Gasteiger partial charge in [0.15, 0.2) is 0 Å². The number of hydrogen-bond donors (Lipinski definition) is 0. The first-order valence-electron chi connectivity index (χ1n) is 18.5. The summed E-state index contributed by atoms with van der Waals surface area (Å²) < 4.78 is 0. The molecule has 0 bridgehead atoms. The summed E-state index contributed by atoms with van der Waals surface area (Å²) in [6, 6.07) is 49.3. The molecule has 0 unspecified atom stereocenters. The lowest BCUT2D eigenvalue weighted by molar-refractivity contribution is 0.586. The fraction of sp³-hybridized carbons (Fsp3) is 0.265. The second-order valence-electron chi connectivity index (χ2n) is 16.9. The molecular formula is C49H47N. The summed E-state index contributed by atoms with van der Waals surface area (Å²) in [4.78, 5) is 2.50. The molecule has 0 radical (unpaired) electrons. The Morgan fingerprint density at radius 3 is 1.42 bits per heavy atom. The molecule has 0 spiro atoms. The molecule has 9 rings (SSSR count). The number of benzene rings is 6. The van der Waals surface area contributed by atoms with E-state index in [1.54, 1.807) is 0 Å². The molecule has 0 N–H and O–H groups in total. The lowest BCUT2D eigenvalue weighted by Crippen LogP contribution is -2.31. The van der Waals surface area contributed by atoms with Crippen molar-refractivity contribution in [2.75, 3.05) is 4.90 Å². The number of fused-ring (bicyclic) bond motifs is 5. The second-order valence-corrected chi connectivity index (χ2v) is 16.9. The van der Waals surface area contributed by atoms with Gasteiger partial charge in [-0.1, -0.05) is 139 Å². The molecule has 1 heteroatoms. The minimum absolute atomic E-state index is 0.00989. The molecule has 0 aliphatic heterocycles. The molecule has 0 atom stereocenters. The predicted molar refractivity (Wildman–Crippen MR) is 211 cm³/mol. The van der Waals surface area contributed by atoms with Crippen molar-refractivity contribution in [3.63, 3.8) is 0 Å². The van der Waals surface area contributed by atoms with E-state index in [0.717, 1.165) is 12.8 Å². The van der Waals surface area contributed by atoms with E-state index >= 15 is 0 Å². The molecule has 248 valence electrons. The standard InChI is InChI=1S/C49H47N/c1-47(2,3)36-25-26-42-43(29-36)49(37-23-21-32-17-19-34(32)27-37,38-24-22-33-18-20-35(33)28-38)44-30-39(48(4,5)6)31-45(46(42)44)50(40-13-9-7-10-14-40)41-15-11-8-12-16-41/h7-16,21-31H,17-20H2,1-6H3. The van der Waals surface area contributed by atoms with Gasteiger partial charge in [-0.15, -0.1) is 0 Å². The van der Waals surface area contributed by atoms with Crippen molar-refractivity contribution >= 4 is 17.1 Å².